The van der Waals surface area contributed by atoms with Crippen LogP contribution in [0.15, 0.2) is 36.4 Å². The minimum absolute atomic E-state index is 0.600. The lowest BCUT2D eigenvalue weighted by Gasteiger charge is -2.12. The van der Waals surface area contributed by atoms with Gasteiger partial charge in [0.2, 0.25) is 0 Å². The van der Waals surface area contributed by atoms with Crippen LogP contribution in [0.5, 0.6) is 0 Å². The number of hydrogen-bond acceptors (Lipinski definition) is 4. The molecule has 0 saturated carbocycles. The second-order valence-corrected chi connectivity index (χ2v) is 6.22. The van der Waals surface area contributed by atoms with E-state index in [2.05, 4.69) is 36.4 Å². The molecule has 0 unspecified atom stereocenters. The topological polar surface area (TPSA) is 36.9 Å². The smallest absolute Gasteiger partial charge is 0.0713 e. The molecule has 4 heteroatoms. The summed E-state index contributed by atoms with van der Waals surface area (Å²) >= 11 is 0. The van der Waals surface area contributed by atoms with Gasteiger partial charge >= 0.3 is 0 Å². The van der Waals surface area contributed by atoms with Crippen LogP contribution in [-0.2, 0) is 51.8 Å². The molecule has 0 aliphatic heterocycles. The molecule has 0 radical (unpaired) electrons. The molecule has 0 N–H and O–H groups in total. The molecule has 0 heterocycles. The molecule has 2 aromatic rings. The summed E-state index contributed by atoms with van der Waals surface area (Å²) in [5, 5.41) is 0. The van der Waals surface area contributed by atoms with E-state index in [1.807, 2.05) is 0 Å². The molecular weight excluding hydrogens is 316 g/mol. The van der Waals surface area contributed by atoms with Crippen LogP contribution in [0.3, 0.4) is 0 Å². The average Bonchev–Trinajstić information content (AvgIpc) is 2.55. The summed E-state index contributed by atoms with van der Waals surface area (Å²) in [5.41, 5.74) is 7.16. The molecular formula is C21H28O4. The SMILES string of the molecule is COCc1cc(COC)cc(Cc2cc(COC)cc(COC)c2)c1. The van der Waals surface area contributed by atoms with Crippen LogP contribution in [-0.4, -0.2) is 28.4 Å². The Morgan fingerprint density at radius 3 is 0.920 bits per heavy atom. The van der Waals surface area contributed by atoms with E-state index in [0.717, 1.165) is 28.7 Å². The molecule has 136 valence electrons. The van der Waals surface area contributed by atoms with Gasteiger partial charge in [0.1, 0.15) is 0 Å². The molecule has 0 aliphatic rings. The highest BCUT2D eigenvalue weighted by Crippen LogP contribution is 2.19. The quantitative estimate of drug-likeness (QED) is 0.656. The molecule has 0 aliphatic carbocycles. The molecule has 0 fully saturated rings. The Morgan fingerprint density at radius 1 is 0.440 bits per heavy atom. The zero-order valence-corrected chi connectivity index (χ0v) is 15.6. The largest absolute Gasteiger partial charge is 0.380 e. The van der Waals surface area contributed by atoms with Crippen LogP contribution in [0.1, 0.15) is 33.4 Å². The van der Waals surface area contributed by atoms with Gasteiger partial charge in [0.05, 0.1) is 26.4 Å². The molecule has 4 nitrogen and oxygen atoms in total. The lowest BCUT2D eigenvalue weighted by molar-refractivity contribution is 0.180. The highest BCUT2D eigenvalue weighted by atomic mass is 16.5. The first-order valence-corrected chi connectivity index (χ1v) is 8.37. The predicted octanol–water partition coefficient (Wildman–Crippen LogP) is 3.86. The maximum absolute atomic E-state index is 5.29. The van der Waals surface area contributed by atoms with Crippen molar-refractivity contribution in [1.29, 1.82) is 0 Å². The normalized spacial score (nSPS) is 11.0. The molecule has 2 aromatic carbocycles. The first-order chi connectivity index (χ1) is 12.2. The van der Waals surface area contributed by atoms with Crippen molar-refractivity contribution in [2.45, 2.75) is 32.8 Å². The van der Waals surface area contributed by atoms with Gasteiger partial charge in [-0.3, -0.25) is 0 Å². The van der Waals surface area contributed by atoms with Crippen molar-refractivity contribution in [2.24, 2.45) is 0 Å². The van der Waals surface area contributed by atoms with E-state index in [9.17, 15) is 0 Å². The van der Waals surface area contributed by atoms with E-state index < -0.39 is 0 Å². The van der Waals surface area contributed by atoms with Crippen LogP contribution >= 0.6 is 0 Å². The minimum Gasteiger partial charge on any atom is -0.380 e. The summed E-state index contributed by atoms with van der Waals surface area (Å²) in [6, 6.07) is 13.1. The van der Waals surface area contributed by atoms with Crippen LogP contribution in [0, 0.1) is 0 Å². The molecule has 0 bridgehead atoms. The van der Waals surface area contributed by atoms with Gasteiger partial charge in [-0.05, 0) is 39.8 Å². The van der Waals surface area contributed by atoms with E-state index in [1.165, 1.54) is 11.1 Å². The molecule has 0 atom stereocenters. The number of ether oxygens (including phenoxy) is 4. The first-order valence-electron chi connectivity index (χ1n) is 8.37. The fraction of sp³-hybridized carbons (Fsp3) is 0.429. The van der Waals surface area contributed by atoms with Crippen molar-refractivity contribution in [1.82, 2.24) is 0 Å². The summed E-state index contributed by atoms with van der Waals surface area (Å²) < 4.78 is 21.2. The minimum atomic E-state index is 0.600. The van der Waals surface area contributed by atoms with Gasteiger partial charge in [-0.1, -0.05) is 36.4 Å². The fourth-order valence-electron chi connectivity index (χ4n) is 3.12. The van der Waals surface area contributed by atoms with Gasteiger partial charge < -0.3 is 18.9 Å². The molecule has 0 aromatic heterocycles. The third kappa shape index (κ3) is 6.25. The Balaban J connectivity index is 2.30. The van der Waals surface area contributed by atoms with Crippen molar-refractivity contribution in [2.75, 3.05) is 28.4 Å². The number of rotatable bonds is 10. The molecule has 0 spiro atoms. The van der Waals surface area contributed by atoms with E-state index in [1.54, 1.807) is 28.4 Å². The van der Waals surface area contributed by atoms with Gasteiger partial charge in [-0.25, -0.2) is 0 Å². The summed E-state index contributed by atoms with van der Waals surface area (Å²) in [7, 11) is 6.86. The Hall–Kier alpha value is -1.72. The van der Waals surface area contributed by atoms with Crippen LogP contribution in [0.4, 0.5) is 0 Å². The molecule has 2 rings (SSSR count). The highest BCUT2D eigenvalue weighted by Gasteiger charge is 2.06. The van der Waals surface area contributed by atoms with Crippen molar-refractivity contribution < 1.29 is 18.9 Å². The van der Waals surface area contributed by atoms with Gasteiger partial charge in [0, 0.05) is 28.4 Å². The van der Waals surface area contributed by atoms with Crippen LogP contribution in [0.25, 0.3) is 0 Å². The van der Waals surface area contributed by atoms with Gasteiger partial charge in [0.25, 0.3) is 0 Å². The predicted molar refractivity (Wildman–Crippen MR) is 98.5 cm³/mol. The Bertz CT molecular complexity index is 561. The van der Waals surface area contributed by atoms with Crippen molar-refractivity contribution >= 4 is 0 Å². The maximum atomic E-state index is 5.29. The molecule has 0 amide bonds. The van der Waals surface area contributed by atoms with E-state index >= 15 is 0 Å². The van der Waals surface area contributed by atoms with Crippen molar-refractivity contribution in [3.8, 4) is 0 Å². The second-order valence-electron chi connectivity index (χ2n) is 6.22. The summed E-state index contributed by atoms with van der Waals surface area (Å²) in [4.78, 5) is 0. The summed E-state index contributed by atoms with van der Waals surface area (Å²) in [6.45, 7) is 2.40. The third-order valence-electron chi connectivity index (χ3n) is 3.88. The standard InChI is InChI=1S/C21H28O4/c1-22-12-18-6-16(7-19(10-18)13-23-2)5-17-8-20(14-24-3)11-21(9-17)15-25-4/h6-11H,5,12-15H2,1-4H3. The van der Waals surface area contributed by atoms with E-state index in [0.29, 0.717) is 26.4 Å². The zero-order valence-electron chi connectivity index (χ0n) is 15.6. The summed E-state index contributed by atoms with van der Waals surface area (Å²) in [5.74, 6) is 0. The average molecular weight is 344 g/mol. The van der Waals surface area contributed by atoms with E-state index in [-0.39, 0.29) is 0 Å². The zero-order chi connectivity index (χ0) is 18.1. The van der Waals surface area contributed by atoms with Crippen LogP contribution in [0.2, 0.25) is 0 Å². The number of benzene rings is 2. The third-order valence-corrected chi connectivity index (χ3v) is 3.88. The molecule has 0 saturated heterocycles. The van der Waals surface area contributed by atoms with Gasteiger partial charge in [-0.15, -0.1) is 0 Å². The molecule has 25 heavy (non-hydrogen) atoms. The van der Waals surface area contributed by atoms with Crippen molar-refractivity contribution in [3.05, 3.63) is 69.8 Å². The second kappa shape index (κ2) is 10.3. The van der Waals surface area contributed by atoms with Crippen LogP contribution < -0.4 is 0 Å². The summed E-state index contributed by atoms with van der Waals surface area (Å²) in [6.07, 6.45) is 0.850. The highest BCUT2D eigenvalue weighted by molar-refractivity contribution is 5.37. The van der Waals surface area contributed by atoms with E-state index in [4.69, 9.17) is 18.9 Å². The lowest BCUT2D eigenvalue weighted by atomic mass is 9.97. The first kappa shape index (κ1) is 19.6. The fourth-order valence-corrected chi connectivity index (χ4v) is 3.12. The monoisotopic (exact) mass is 344 g/mol. The Labute approximate surface area is 150 Å². The van der Waals surface area contributed by atoms with Gasteiger partial charge in [0.15, 0.2) is 0 Å². The maximum Gasteiger partial charge on any atom is 0.0713 e. The van der Waals surface area contributed by atoms with Gasteiger partial charge in [-0.2, -0.15) is 0 Å². The van der Waals surface area contributed by atoms with Crippen molar-refractivity contribution in [3.63, 3.8) is 0 Å². The lowest BCUT2D eigenvalue weighted by Crippen LogP contribution is -2.00. The Kier molecular flexibility index (Phi) is 8.09. The number of hydrogen-bond donors (Lipinski definition) is 0. The number of methoxy groups -OCH3 is 4. The Morgan fingerprint density at radius 2 is 0.680 bits per heavy atom.